The number of aliphatic hydroxyl groups is 1. The molecule has 1 N–H and O–H groups in total. The third kappa shape index (κ3) is 4.56. The minimum Gasteiger partial charge on any atom is -0.377 e. The van der Waals surface area contributed by atoms with Crippen molar-refractivity contribution in [2.75, 3.05) is 32.7 Å². The normalized spacial score (nSPS) is 20.8. The molecule has 1 aliphatic heterocycles. The zero-order valence-electron chi connectivity index (χ0n) is 16.8. The fraction of sp³-hybridized carbons (Fsp3) is 0.458. The maximum absolute atomic E-state index is 13.3. The van der Waals surface area contributed by atoms with Crippen LogP contribution in [0, 0.1) is 5.92 Å². The highest BCUT2D eigenvalue weighted by atomic mass is 35.5. The van der Waals surface area contributed by atoms with Crippen LogP contribution in [0.2, 0.25) is 5.02 Å². The molecule has 2 aromatic carbocycles. The Hall–Kier alpha value is -1.72. The Morgan fingerprint density at radius 1 is 1.00 bits per heavy atom. The van der Waals surface area contributed by atoms with E-state index in [9.17, 15) is 9.90 Å². The molecule has 0 aromatic heterocycles. The van der Waals surface area contributed by atoms with Gasteiger partial charge in [0.05, 0.1) is 6.54 Å². The molecule has 2 fully saturated rings. The molecule has 4 rings (SSSR count). The number of piperazine rings is 1. The van der Waals surface area contributed by atoms with E-state index in [0.717, 1.165) is 62.6 Å². The number of carbonyl (C=O) groups excluding carboxylic acids is 1. The molecule has 1 heterocycles. The van der Waals surface area contributed by atoms with Gasteiger partial charge in [0.15, 0.2) is 11.4 Å². The van der Waals surface area contributed by atoms with Crippen LogP contribution < -0.4 is 0 Å². The Kier molecular flexibility index (Phi) is 6.35. The molecule has 1 saturated heterocycles. The molecule has 154 valence electrons. The molecule has 1 saturated carbocycles. The van der Waals surface area contributed by atoms with Crippen molar-refractivity contribution in [2.45, 2.75) is 31.4 Å². The van der Waals surface area contributed by atoms with Crippen LogP contribution in [0.25, 0.3) is 0 Å². The van der Waals surface area contributed by atoms with Crippen molar-refractivity contribution in [3.63, 3.8) is 0 Å². The molecule has 29 heavy (non-hydrogen) atoms. The SMILES string of the molecule is O=C(CN1CCN(Cc2cccc(Cl)c2)CC1)C(O)(c1ccccc1)C1CCC1. The van der Waals surface area contributed by atoms with Gasteiger partial charge >= 0.3 is 0 Å². The standard InChI is InChI=1S/C24H29ClN2O2/c25-22-11-4-6-19(16-22)17-26-12-14-27(15-13-26)18-23(28)24(29,21-9-5-10-21)20-7-2-1-3-8-20/h1-4,6-8,11,16,21,29H,5,9-10,12-15,17-18H2. The molecule has 1 unspecified atom stereocenters. The van der Waals surface area contributed by atoms with Crippen LogP contribution >= 0.6 is 11.6 Å². The van der Waals surface area contributed by atoms with Crippen LogP contribution in [0.3, 0.4) is 0 Å². The largest absolute Gasteiger partial charge is 0.377 e. The monoisotopic (exact) mass is 412 g/mol. The second-order valence-electron chi connectivity index (χ2n) is 8.37. The molecule has 1 aliphatic carbocycles. The van der Waals surface area contributed by atoms with Crippen molar-refractivity contribution >= 4 is 17.4 Å². The number of ketones is 1. The van der Waals surface area contributed by atoms with Crippen molar-refractivity contribution in [1.29, 1.82) is 0 Å². The Morgan fingerprint density at radius 3 is 2.31 bits per heavy atom. The highest BCUT2D eigenvalue weighted by Gasteiger charge is 2.47. The van der Waals surface area contributed by atoms with Gasteiger partial charge in [-0.2, -0.15) is 0 Å². The molecule has 0 bridgehead atoms. The van der Waals surface area contributed by atoms with Crippen LogP contribution in [0.15, 0.2) is 54.6 Å². The summed E-state index contributed by atoms with van der Waals surface area (Å²) in [7, 11) is 0. The van der Waals surface area contributed by atoms with E-state index in [1.54, 1.807) is 0 Å². The molecular weight excluding hydrogens is 384 g/mol. The predicted molar refractivity (Wildman–Crippen MR) is 116 cm³/mol. The highest BCUT2D eigenvalue weighted by molar-refractivity contribution is 6.30. The van der Waals surface area contributed by atoms with Gasteiger partial charge < -0.3 is 5.11 Å². The second-order valence-corrected chi connectivity index (χ2v) is 8.80. The molecule has 0 spiro atoms. The molecule has 0 amide bonds. The topological polar surface area (TPSA) is 43.8 Å². The lowest BCUT2D eigenvalue weighted by Gasteiger charge is -2.42. The van der Waals surface area contributed by atoms with Crippen molar-refractivity contribution in [2.24, 2.45) is 5.92 Å². The fourth-order valence-electron chi connectivity index (χ4n) is 4.47. The Morgan fingerprint density at radius 2 is 1.69 bits per heavy atom. The molecule has 2 aromatic rings. The van der Waals surface area contributed by atoms with E-state index < -0.39 is 5.60 Å². The summed E-state index contributed by atoms with van der Waals surface area (Å²) in [6.07, 6.45) is 2.93. The molecule has 1 atom stereocenters. The quantitative estimate of drug-likeness (QED) is 0.752. The lowest BCUT2D eigenvalue weighted by Crippen LogP contribution is -2.53. The van der Waals surface area contributed by atoms with Gasteiger partial charge in [0.25, 0.3) is 0 Å². The lowest BCUT2D eigenvalue weighted by molar-refractivity contribution is -0.151. The minimum atomic E-state index is -1.35. The molecule has 2 aliphatic rings. The molecule has 4 nitrogen and oxygen atoms in total. The number of carbonyl (C=O) groups is 1. The first-order valence-electron chi connectivity index (χ1n) is 10.6. The Labute approximate surface area is 178 Å². The van der Waals surface area contributed by atoms with E-state index in [1.165, 1.54) is 5.56 Å². The predicted octanol–water partition coefficient (Wildman–Crippen LogP) is 3.71. The third-order valence-corrected chi connectivity index (χ3v) is 6.70. The van der Waals surface area contributed by atoms with Gasteiger partial charge in [-0.05, 0) is 42.0 Å². The summed E-state index contributed by atoms with van der Waals surface area (Å²) in [5, 5.41) is 12.2. The summed E-state index contributed by atoms with van der Waals surface area (Å²) >= 11 is 6.09. The van der Waals surface area contributed by atoms with Crippen molar-refractivity contribution in [3.8, 4) is 0 Å². The van der Waals surface area contributed by atoms with Crippen molar-refractivity contribution in [1.82, 2.24) is 9.80 Å². The van der Waals surface area contributed by atoms with Crippen LogP contribution in [0.4, 0.5) is 0 Å². The maximum atomic E-state index is 13.3. The van der Waals surface area contributed by atoms with Gasteiger partial charge in [-0.1, -0.05) is 60.5 Å². The van der Waals surface area contributed by atoms with E-state index in [0.29, 0.717) is 6.54 Å². The summed E-state index contributed by atoms with van der Waals surface area (Å²) in [5.41, 5.74) is 0.608. The number of Topliss-reactive ketones (excluding diaryl/α,β-unsaturated/α-hetero) is 1. The average molecular weight is 413 g/mol. The summed E-state index contributed by atoms with van der Waals surface area (Å²) in [5.74, 6) is -0.0155. The van der Waals surface area contributed by atoms with Gasteiger partial charge in [-0.3, -0.25) is 14.6 Å². The smallest absolute Gasteiger partial charge is 0.183 e. The highest BCUT2D eigenvalue weighted by Crippen LogP contribution is 2.43. The summed E-state index contributed by atoms with van der Waals surface area (Å²) in [6, 6.07) is 17.5. The number of hydrogen-bond donors (Lipinski definition) is 1. The first kappa shape index (κ1) is 20.5. The first-order valence-corrected chi connectivity index (χ1v) is 10.9. The molecule has 0 radical (unpaired) electrons. The van der Waals surface area contributed by atoms with Crippen molar-refractivity contribution < 1.29 is 9.90 Å². The van der Waals surface area contributed by atoms with Gasteiger partial charge in [-0.15, -0.1) is 0 Å². The molecular formula is C24H29ClN2O2. The Balaban J connectivity index is 1.36. The number of rotatable bonds is 7. The first-order chi connectivity index (χ1) is 14.1. The zero-order valence-corrected chi connectivity index (χ0v) is 17.5. The number of hydrogen-bond acceptors (Lipinski definition) is 4. The maximum Gasteiger partial charge on any atom is 0.183 e. The average Bonchev–Trinajstić information content (AvgIpc) is 2.69. The van der Waals surface area contributed by atoms with E-state index in [1.807, 2.05) is 48.5 Å². The lowest BCUT2D eigenvalue weighted by atomic mass is 9.67. The second kappa shape index (κ2) is 8.97. The molecule has 5 heteroatoms. The summed E-state index contributed by atoms with van der Waals surface area (Å²) < 4.78 is 0. The van der Waals surface area contributed by atoms with Gasteiger partial charge in [0.1, 0.15) is 0 Å². The number of nitrogens with zero attached hydrogens (tertiary/aromatic N) is 2. The van der Waals surface area contributed by atoms with E-state index >= 15 is 0 Å². The Bertz CT molecular complexity index is 832. The summed E-state index contributed by atoms with van der Waals surface area (Å²) in [4.78, 5) is 17.8. The van der Waals surface area contributed by atoms with Crippen LogP contribution in [0.5, 0.6) is 0 Å². The van der Waals surface area contributed by atoms with Crippen LogP contribution in [-0.4, -0.2) is 53.4 Å². The van der Waals surface area contributed by atoms with Crippen LogP contribution in [0.1, 0.15) is 30.4 Å². The summed E-state index contributed by atoms with van der Waals surface area (Å²) in [6.45, 7) is 4.68. The van der Waals surface area contributed by atoms with E-state index in [4.69, 9.17) is 11.6 Å². The van der Waals surface area contributed by atoms with Gasteiger partial charge in [-0.25, -0.2) is 0 Å². The minimum absolute atomic E-state index is 0.0431. The van der Waals surface area contributed by atoms with E-state index in [-0.39, 0.29) is 11.7 Å². The van der Waals surface area contributed by atoms with Gasteiger partial charge in [0, 0.05) is 37.7 Å². The van der Waals surface area contributed by atoms with Crippen LogP contribution in [-0.2, 0) is 16.9 Å². The van der Waals surface area contributed by atoms with E-state index in [2.05, 4.69) is 15.9 Å². The fourth-order valence-corrected chi connectivity index (χ4v) is 4.68. The van der Waals surface area contributed by atoms with Gasteiger partial charge in [0.2, 0.25) is 0 Å². The third-order valence-electron chi connectivity index (χ3n) is 6.46. The van der Waals surface area contributed by atoms with Crippen molar-refractivity contribution in [3.05, 3.63) is 70.7 Å². The number of benzene rings is 2. The zero-order chi connectivity index (χ0) is 20.3. The number of halogens is 1.